The predicted molar refractivity (Wildman–Crippen MR) is 93.1 cm³/mol. The minimum Gasteiger partial charge on any atom is -0.507 e. The molecule has 2 aromatic rings. The van der Waals surface area contributed by atoms with Gasteiger partial charge in [-0.2, -0.15) is 0 Å². The monoisotopic (exact) mass is 363 g/mol. The first-order valence-corrected chi connectivity index (χ1v) is 7.95. The summed E-state index contributed by atoms with van der Waals surface area (Å²) < 4.78 is 10.3. The largest absolute Gasteiger partial charge is 0.507 e. The summed E-state index contributed by atoms with van der Waals surface area (Å²) in [6, 6.07) is 11.4. The van der Waals surface area contributed by atoms with Crippen LogP contribution in [0.1, 0.15) is 15.9 Å². The highest BCUT2D eigenvalue weighted by atomic mass is 35.5. The molecule has 2 rings (SSSR count). The van der Waals surface area contributed by atoms with E-state index in [1.807, 2.05) is 0 Å². The highest BCUT2D eigenvalue weighted by Crippen LogP contribution is 2.19. The number of phenols is 1. The van der Waals surface area contributed by atoms with E-state index in [1.54, 1.807) is 37.3 Å². The van der Waals surface area contributed by atoms with E-state index in [9.17, 15) is 14.7 Å². The molecule has 0 heterocycles. The first kappa shape index (κ1) is 18.6. The van der Waals surface area contributed by atoms with Gasteiger partial charge in [0.2, 0.25) is 0 Å². The van der Waals surface area contributed by atoms with E-state index in [-0.39, 0.29) is 24.5 Å². The van der Waals surface area contributed by atoms with Crippen molar-refractivity contribution in [1.82, 2.24) is 5.32 Å². The molecule has 25 heavy (non-hydrogen) atoms. The van der Waals surface area contributed by atoms with E-state index < -0.39 is 18.5 Å². The van der Waals surface area contributed by atoms with Crippen LogP contribution < -0.4 is 10.1 Å². The molecule has 6 nitrogen and oxygen atoms in total. The van der Waals surface area contributed by atoms with Crippen molar-refractivity contribution in [3.05, 3.63) is 58.6 Å². The summed E-state index contributed by atoms with van der Waals surface area (Å²) >= 11 is 5.77. The van der Waals surface area contributed by atoms with Crippen LogP contribution in [-0.2, 0) is 9.53 Å². The van der Waals surface area contributed by atoms with Gasteiger partial charge in [0.05, 0.1) is 6.54 Å². The normalized spacial score (nSPS) is 10.2. The zero-order chi connectivity index (χ0) is 18.2. The molecule has 0 fully saturated rings. The molecule has 2 aromatic carbocycles. The molecule has 0 aliphatic heterocycles. The summed E-state index contributed by atoms with van der Waals surface area (Å²) in [5.74, 6) is -0.758. The number of esters is 1. The number of benzene rings is 2. The van der Waals surface area contributed by atoms with Crippen molar-refractivity contribution in [2.24, 2.45) is 0 Å². The number of amides is 1. The van der Waals surface area contributed by atoms with Crippen molar-refractivity contribution in [2.75, 3.05) is 19.8 Å². The fourth-order valence-corrected chi connectivity index (χ4v) is 2.09. The van der Waals surface area contributed by atoms with Crippen molar-refractivity contribution in [3.63, 3.8) is 0 Å². The van der Waals surface area contributed by atoms with Crippen molar-refractivity contribution in [2.45, 2.75) is 6.92 Å². The first-order valence-electron chi connectivity index (χ1n) is 7.57. The van der Waals surface area contributed by atoms with Gasteiger partial charge in [-0.15, -0.1) is 0 Å². The lowest BCUT2D eigenvalue weighted by atomic mass is 10.1. The van der Waals surface area contributed by atoms with Crippen LogP contribution in [0.4, 0.5) is 0 Å². The number of ether oxygens (including phenoxy) is 2. The van der Waals surface area contributed by atoms with Gasteiger partial charge in [-0.05, 0) is 48.9 Å². The number of halogens is 1. The summed E-state index contributed by atoms with van der Waals surface area (Å²) in [6.45, 7) is 1.87. The zero-order valence-electron chi connectivity index (χ0n) is 13.6. The first-order chi connectivity index (χ1) is 12.0. The standard InChI is InChI=1S/C18H18ClNO5/c1-12-2-7-15(16(21)10-12)18(23)25-11-17(22)20-8-9-24-14-5-3-13(19)4-6-14/h2-7,10,21H,8-9,11H2,1H3,(H,20,22). The van der Waals surface area contributed by atoms with Crippen LogP contribution in [-0.4, -0.2) is 36.7 Å². The van der Waals surface area contributed by atoms with Gasteiger partial charge in [0.15, 0.2) is 6.61 Å². The van der Waals surface area contributed by atoms with Crippen LogP contribution >= 0.6 is 11.6 Å². The second kappa shape index (κ2) is 8.94. The van der Waals surface area contributed by atoms with Crippen LogP contribution in [0.3, 0.4) is 0 Å². The van der Waals surface area contributed by atoms with E-state index in [2.05, 4.69) is 5.32 Å². The van der Waals surface area contributed by atoms with E-state index in [1.165, 1.54) is 12.1 Å². The van der Waals surface area contributed by atoms with E-state index in [0.717, 1.165) is 5.56 Å². The quantitative estimate of drug-likeness (QED) is 0.583. The summed E-state index contributed by atoms with van der Waals surface area (Å²) in [7, 11) is 0. The molecule has 0 unspecified atom stereocenters. The van der Waals surface area contributed by atoms with E-state index in [4.69, 9.17) is 21.1 Å². The molecular formula is C18H18ClNO5. The SMILES string of the molecule is Cc1ccc(C(=O)OCC(=O)NCCOc2ccc(Cl)cc2)c(O)c1. The Kier molecular flexibility index (Phi) is 6.65. The lowest BCUT2D eigenvalue weighted by molar-refractivity contribution is -0.124. The molecule has 0 atom stereocenters. The Morgan fingerprint density at radius 2 is 1.88 bits per heavy atom. The Morgan fingerprint density at radius 1 is 1.16 bits per heavy atom. The Morgan fingerprint density at radius 3 is 2.56 bits per heavy atom. The average Bonchev–Trinajstić information content (AvgIpc) is 2.58. The number of phenolic OH excluding ortho intramolecular Hbond substituents is 1. The van der Waals surface area contributed by atoms with Crippen LogP contribution in [0.2, 0.25) is 5.02 Å². The Bertz CT molecular complexity index is 746. The van der Waals surface area contributed by atoms with Gasteiger partial charge >= 0.3 is 5.97 Å². The third kappa shape index (κ3) is 6.00. The van der Waals surface area contributed by atoms with Gasteiger partial charge in [0, 0.05) is 5.02 Å². The van der Waals surface area contributed by atoms with Crippen LogP contribution in [0.5, 0.6) is 11.5 Å². The molecule has 0 saturated heterocycles. The Balaban J connectivity index is 1.68. The highest BCUT2D eigenvalue weighted by molar-refractivity contribution is 6.30. The number of nitrogens with one attached hydrogen (secondary N) is 1. The maximum absolute atomic E-state index is 11.8. The van der Waals surface area contributed by atoms with Crippen molar-refractivity contribution in [1.29, 1.82) is 0 Å². The van der Waals surface area contributed by atoms with Crippen molar-refractivity contribution >= 4 is 23.5 Å². The molecule has 7 heteroatoms. The van der Waals surface area contributed by atoms with Gasteiger partial charge < -0.3 is 19.9 Å². The number of aryl methyl sites for hydroxylation is 1. The molecule has 132 valence electrons. The zero-order valence-corrected chi connectivity index (χ0v) is 14.4. The molecule has 1 amide bonds. The molecule has 0 bridgehead atoms. The minimum atomic E-state index is -0.759. The van der Waals surface area contributed by atoms with E-state index in [0.29, 0.717) is 10.8 Å². The second-order valence-corrected chi connectivity index (χ2v) is 5.69. The molecule has 0 spiro atoms. The maximum atomic E-state index is 11.8. The second-order valence-electron chi connectivity index (χ2n) is 5.25. The van der Waals surface area contributed by atoms with Crippen LogP contribution in [0, 0.1) is 6.92 Å². The number of aromatic hydroxyl groups is 1. The third-order valence-electron chi connectivity index (χ3n) is 3.21. The fourth-order valence-electron chi connectivity index (χ4n) is 1.96. The summed E-state index contributed by atoms with van der Waals surface area (Å²) in [5, 5.41) is 12.9. The molecule has 2 N–H and O–H groups in total. The smallest absolute Gasteiger partial charge is 0.342 e. The number of hydrogen-bond acceptors (Lipinski definition) is 5. The lowest BCUT2D eigenvalue weighted by Gasteiger charge is -2.09. The van der Waals surface area contributed by atoms with Crippen molar-refractivity contribution < 1.29 is 24.2 Å². The minimum absolute atomic E-state index is 0.0180. The lowest BCUT2D eigenvalue weighted by Crippen LogP contribution is -2.32. The summed E-state index contributed by atoms with van der Waals surface area (Å²) in [4.78, 5) is 23.5. The molecular weight excluding hydrogens is 346 g/mol. The molecule has 0 aliphatic rings. The topological polar surface area (TPSA) is 84.9 Å². The predicted octanol–water partition coefficient (Wildman–Crippen LogP) is 2.71. The highest BCUT2D eigenvalue weighted by Gasteiger charge is 2.14. The van der Waals surface area contributed by atoms with Gasteiger partial charge in [-0.1, -0.05) is 17.7 Å². The number of carbonyl (C=O) groups excluding carboxylic acids is 2. The van der Waals surface area contributed by atoms with Gasteiger partial charge in [-0.3, -0.25) is 4.79 Å². The molecule has 0 aliphatic carbocycles. The fraction of sp³-hybridized carbons (Fsp3) is 0.222. The Labute approximate surface area is 150 Å². The summed E-state index contributed by atoms with van der Waals surface area (Å²) in [5.41, 5.74) is 0.831. The van der Waals surface area contributed by atoms with Crippen LogP contribution in [0.25, 0.3) is 0 Å². The van der Waals surface area contributed by atoms with Crippen molar-refractivity contribution in [3.8, 4) is 11.5 Å². The maximum Gasteiger partial charge on any atom is 0.342 e. The third-order valence-corrected chi connectivity index (χ3v) is 3.47. The van der Waals surface area contributed by atoms with Gasteiger partial charge in [0.1, 0.15) is 23.7 Å². The number of rotatable bonds is 7. The van der Waals surface area contributed by atoms with Gasteiger partial charge in [-0.25, -0.2) is 4.79 Å². The molecule has 0 saturated carbocycles. The van der Waals surface area contributed by atoms with Crippen LogP contribution in [0.15, 0.2) is 42.5 Å². The number of carbonyl (C=O) groups is 2. The summed E-state index contributed by atoms with van der Waals surface area (Å²) in [6.07, 6.45) is 0. The van der Waals surface area contributed by atoms with Gasteiger partial charge in [0.25, 0.3) is 5.91 Å². The van der Waals surface area contributed by atoms with E-state index >= 15 is 0 Å². The number of hydrogen-bond donors (Lipinski definition) is 2. The molecule has 0 radical (unpaired) electrons. The average molecular weight is 364 g/mol. The Hall–Kier alpha value is -2.73. The molecule has 0 aromatic heterocycles.